The minimum atomic E-state index is -0.992. The molecular weight excluding hydrogens is 489 g/mol. The minimum absolute atomic E-state index is 0.141. The van der Waals surface area contributed by atoms with E-state index in [0.29, 0.717) is 22.5 Å². The molecule has 2 aromatic carbocycles. The molecule has 3 heterocycles. The van der Waals surface area contributed by atoms with Crippen LogP contribution in [0, 0.1) is 5.82 Å². The molecule has 8 nitrogen and oxygen atoms in total. The highest BCUT2D eigenvalue weighted by molar-refractivity contribution is 6.08. The zero-order chi connectivity index (χ0) is 26.2. The SMILES string of the molecule is O=C(O)N1CCN(C(=O)c2oc3cc(OC4CCN(C5CCC5)CC4)ccc3c2-c2ccc(F)cc2)CC1. The molecule has 1 aliphatic carbocycles. The van der Waals surface area contributed by atoms with Gasteiger partial charge in [0.15, 0.2) is 0 Å². The smallest absolute Gasteiger partial charge is 0.407 e. The second-order valence-corrected chi connectivity index (χ2v) is 10.5. The van der Waals surface area contributed by atoms with E-state index in [2.05, 4.69) is 4.90 Å². The number of piperidine rings is 1. The summed E-state index contributed by atoms with van der Waals surface area (Å²) in [4.78, 5) is 30.4. The molecule has 2 saturated heterocycles. The third-order valence-corrected chi connectivity index (χ3v) is 8.20. The van der Waals surface area contributed by atoms with Crippen LogP contribution in [0.5, 0.6) is 5.75 Å². The number of carbonyl (C=O) groups is 2. The van der Waals surface area contributed by atoms with Crippen LogP contribution in [0.1, 0.15) is 42.7 Å². The normalized spacial score (nSPS) is 19.5. The first-order valence-corrected chi connectivity index (χ1v) is 13.5. The summed E-state index contributed by atoms with van der Waals surface area (Å²) in [6.07, 6.45) is 5.09. The van der Waals surface area contributed by atoms with Gasteiger partial charge >= 0.3 is 6.09 Å². The molecule has 1 aromatic heterocycles. The molecule has 3 fully saturated rings. The largest absolute Gasteiger partial charge is 0.490 e. The lowest BCUT2D eigenvalue weighted by Crippen LogP contribution is -2.50. The maximum absolute atomic E-state index is 13.7. The van der Waals surface area contributed by atoms with Crippen molar-refractivity contribution in [1.29, 1.82) is 0 Å². The van der Waals surface area contributed by atoms with E-state index in [0.717, 1.165) is 37.4 Å². The van der Waals surface area contributed by atoms with Crippen molar-refractivity contribution in [3.8, 4) is 16.9 Å². The van der Waals surface area contributed by atoms with Gasteiger partial charge < -0.3 is 29.0 Å². The summed E-state index contributed by atoms with van der Waals surface area (Å²) in [5, 5.41) is 9.99. The number of carbonyl (C=O) groups excluding carboxylic acids is 1. The van der Waals surface area contributed by atoms with Gasteiger partial charge in [-0.25, -0.2) is 9.18 Å². The Morgan fingerprint density at radius 1 is 0.895 bits per heavy atom. The van der Waals surface area contributed by atoms with E-state index >= 15 is 0 Å². The van der Waals surface area contributed by atoms with Crippen LogP contribution in [0.2, 0.25) is 0 Å². The highest BCUT2D eigenvalue weighted by atomic mass is 19.1. The highest BCUT2D eigenvalue weighted by Gasteiger charge is 2.31. The van der Waals surface area contributed by atoms with Gasteiger partial charge in [-0.1, -0.05) is 18.6 Å². The summed E-state index contributed by atoms with van der Waals surface area (Å²) in [6, 6.07) is 12.4. The molecule has 9 heteroatoms. The first kappa shape index (κ1) is 24.7. The minimum Gasteiger partial charge on any atom is -0.490 e. The van der Waals surface area contributed by atoms with Crippen LogP contribution in [0.25, 0.3) is 22.1 Å². The van der Waals surface area contributed by atoms with Gasteiger partial charge in [-0.2, -0.15) is 0 Å². The number of hydrogen-bond acceptors (Lipinski definition) is 5. The van der Waals surface area contributed by atoms with Gasteiger partial charge in [0, 0.05) is 62.3 Å². The van der Waals surface area contributed by atoms with E-state index in [1.807, 2.05) is 18.2 Å². The van der Waals surface area contributed by atoms with Gasteiger partial charge in [0.05, 0.1) is 0 Å². The lowest BCUT2D eigenvalue weighted by Gasteiger charge is -2.41. The number of amides is 2. The van der Waals surface area contributed by atoms with E-state index in [-0.39, 0.29) is 49.8 Å². The third-order valence-electron chi connectivity index (χ3n) is 8.20. The van der Waals surface area contributed by atoms with Crippen molar-refractivity contribution < 1.29 is 28.2 Å². The van der Waals surface area contributed by atoms with Gasteiger partial charge in [0.25, 0.3) is 5.91 Å². The summed E-state index contributed by atoms with van der Waals surface area (Å²) in [6.45, 7) is 3.15. The average Bonchev–Trinajstić information content (AvgIpc) is 3.27. The first-order valence-electron chi connectivity index (χ1n) is 13.5. The van der Waals surface area contributed by atoms with Crippen molar-refractivity contribution in [3.05, 3.63) is 54.0 Å². The fourth-order valence-corrected chi connectivity index (χ4v) is 5.75. The molecule has 2 aliphatic heterocycles. The van der Waals surface area contributed by atoms with Crippen LogP contribution >= 0.6 is 0 Å². The Hall–Kier alpha value is -3.59. The maximum Gasteiger partial charge on any atom is 0.407 e. The molecule has 1 saturated carbocycles. The number of benzene rings is 2. The van der Waals surface area contributed by atoms with Gasteiger partial charge in [0.2, 0.25) is 5.76 Å². The summed E-state index contributed by atoms with van der Waals surface area (Å²) in [5.74, 6) is 0.198. The number of nitrogens with zero attached hydrogens (tertiary/aromatic N) is 3. The zero-order valence-corrected chi connectivity index (χ0v) is 21.3. The lowest BCUT2D eigenvalue weighted by molar-refractivity contribution is 0.0493. The average molecular weight is 522 g/mol. The van der Waals surface area contributed by atoms with Gasteiger partial charge in [0.1, 0.15) is 23.3 Å². The summed E-state index contributed by atoms with van der Waals surface area (Å²) in [5.41, 5.74) is 1.81. The number of hydrogen-bond donors (Lipinski definition) is 1. The summed E-state index contributed by atoms with van der Waals surface area (Å²) < 4.78 is 26.2. The topological polar surface area (TPSA) is 86.5 Å². The van der Waals surface area contributed by atoms with Crippen LogP contribution < -0.4 is 4.74 Å². The number of furan rings is 1. The maximum atomic E-state index is 13.7. The standard InChI is InChI=1S/C29H32FN3O5/c30-20-6-4-19(5-7-20)26-24-9-8-23(37-22-10-12-31(13-11-22)21-2-1-3-21)18-25(24)38-27(26)28(34)32-14-16-33(17-15-32)29(35)36/h4-9,18,21-22H,1-3,10-17H2,(H,35,36). The van der Waals surface area contributed by atoms with Crippen molar-refractivity contribution in [2.24, 2.45) is 0 Å². The molecule has 38 heavy (non-hydrogen) atoms. The van der Waals surface area contributed by atoms with E-state index in [9.17, 15) is 19.1 Å². The summed E-state index contributed by atoms with van der Waals surface area (Å²) >= 11 is 0. The Bertz CT molecular complexity index is 1320. The van der Waals surface area contributed by atoms with E-state index in [4.69, 9.17) is 9.15 Å². The second kappa shape index (κ2) is 10.3. The predicted octanol–water partition coefficient (Wildman–Crippen LogP) is 5.07. The van der Waals surface area contributed by atoms with Gasteiger partial charge in [-0.3, -0.25) is 4.79 Å². The van der Waals surface area contributed by atoms with Crippen LogP contribution in [0.4, 0.5) is 9.18 Å². The predicted molar refractivity (Wildman–Crippen MR) is 140 cm³/mol. The Labute approximate surface area is 220 Å². The molecule has 1 N–H and O–H groups in total. The molecular formula is C29H32FN3O5. The lowest BCUT2D eigenvalue weighted by atomic mass is 9.90. The molecule has 2 amide bonds. The Morgan fingerprint density at radius 3 is 2.21 bits per heavy atom. The van der Waals surface area contributed by atoms with Crippen LogP contribution in [-0.4, -0.2) is 83.2 Å². The second-order valence-electron chi connectivity index (χ2n) is 10.5. The summed E-state index contributed by atoms with van der Waals surface area (Å²) in [7, 11) is 0. The van der Waals surface area contributed by atoms with E-state index in [1.165, 1.54) is 36.3 Å². The fraction of sp³-hybridized carbons (Fsp3) is 0.448. The van der Waals surface area contributed by atoms with Crippen molar-refractivity contribution >= 4 is 23.0 Å². The number of likely N-dealkylation sites (tertiary alicyclic amines) is 1. The van der Waals surface area contributed by atoms with Crippen molar-refractivity contribution in [1.82, 2.24) is 14.7 Å². The zero-order valence-electron chi connectivity index (χ0n) is 21.3. The molecule has 6 rings (SSSR count). The van der Waals surface area contributed by atoms with Gasteiger partial charge in [-0.15, -0.1) is 0 Å². The molecule has 0 bridgehead atoms. The number of ether oxygens (including phenoxy) is 1. The fourth-order valence-electron chi connectivity index (χ4n) is 5.75. The Morgan fingerprint density at radius 2 is 1.58 bits per heavy atom. The van der Waals surface area contributed by atoms with Crippen LogP contribution in [0.3, 0.4) is 0 Å². The number of piperazine rings is 1. The molecule has 0 radical (unpaired) electrons. The number of halogens is 1. The van der Waals surface area contributed by atoms with Crippen LogP contribution in [0.15, 0.2) is 46.9 Å². The monoisotopic (exact) mass is 521 g/mol. The quantitative estimate of drug-likeness (QED) is 0.505. The molecule has 200 valence electrons. The number of carboxylic acid groups (broad SMARTS) is 1. The highest BCUT2D eigenvalue weighted by Crippen LogP contribution is 2.38. The Kier molecular flexibility index (Phi) is 6.69. The first-order chi connectivity index (χ1) is 18.5. The number of rotatable bonds is 5. The molecule has 0 spiro atoms. The van der Waals surface area contributed by atoms with E-state index in [1.54, 1.807) is 17.0 Å². The molecule has 0 unspecified atom stereocenters. The van der Waals surface area contributed by atoms with E-state index < -0.39 is 6.09 Å². The van der Waals surface area contributed by atoms with Crippen LogP contribution in [-0.2, 0) is 0 Å². The van der Waals surface area contributed by atoms with Crippen molar-refractivity contribution in [3.63, 3.8) is 0 Å². The Balaban J connectivity index is 1.26. The van der Waals surface area contributed by atoms with Gasteiger partial charge in [-0.05, 0) is 55.5 Å². The van der Waals surface area contributed by atoms with Crippen molar-refractivity contribution in [2.45, 2.75) is 44.2 Å². The number of fused-ring (bicyclic) bond motifs is 1. The molecule has 0 atom stereocenters. The molecule has 3 aliphatic rings. The van der Waals surface area contributed by atoms with Crippen molar-refractivity contribution in [2.75, 3.05) is 39.3 Å². The third kappa shape index (κ3) is 4.82. The molecule has 3 aromatic rings.